The first-order valence-electron chi connectivity index (χ1n) is 9.62. The van der Waals surface area contributed by atoms with Crippen LogP contribution in [0, 0.1) is 6.92 Å². The van der Waals surface area contributed by atoms with Gasteiger partial charge in [0, 0.05) is 49.5 Å². The summed E-state index contributed by atoms with van der Waals surface area (Å²) in [5, 5.41) is 10.2. The normalized spacial score (nSPS) is 13.6. The molecule has 0 unspecified atom stereocenters. The summed E-state index contributed by atoms with van der Waals surface area (Å²) in [5.74, 6) is 0.311. The second kappa shape index (κ2) is 6.84. The van der Waals surface area contributed by atoms with E-state index >= 15 is 0 Å². The van der Waals surface area contributed by atoms with E-state index in [2.05, 4.69) is 4.98 Å². The number of likely N-dealkylation sites (tertiary alicyclic amines) is 1. The molecule has 0 saturated carbocycles. The van der Waals surface area contributed by atoms with Gasteiger partial charge in [0.25, 0.3) is 5.91 Å². The number of aromatic carboxylic acids is 1. The van der Waals surface area contributed by atoms with E-state index in [1.165, 1.54) is 11.3 Å². The molecule has 1 fully saturated rings. The highest BCUT2D eigenvalue weighted by Crippen LogP contribution is 2.37. The molecule has 0 atom stereocenters. The largest absolute Gasteiger partial charge is 0.478 e. The lowest BCUT2D eigenvalue weighted by molar-refractivity contribution is 0.0655. The van der Waals surface area contributed by atoms with Gasteiger partial charge in [-0.2, -0.15) is 0 Å². The molecule has 0 bridgehead atoms. The van der Waals surface area contributed by atoms with Gasteiger partial charge in [-0.1, -0.05) is 0 Å². The Morgan fingerprint density at radius 3 is 2.70 bits per heavy atom. The Labute approximate surface area is 176 Å². The number of hydrogen-bond acceptors (Lipinski definition) is 5. The van der Waals surface area contributed by atoms with Gasteiger partial charge in [-0.3, -0.25) is 9.78 Å². The molecule has 8 heteroatoms. The molecule has 3 aromatic heterocycles. The first-order valence-corrected chi connectivity index (χ1v) is 10.4. The van der Waals surface area contributed by atoms with Gasteiger partial charge in [-0.05, 0) is 31.5 Å². The van der Waals surface area contributed by atoms with Crippen molar-refractivity contribution in [3.63, 3.8) is 0 Å². The highest BCUT2D eigenvalue weighted by molar-refractivity contribution is 7.21. The number of nitrogens with zero attached hydrogens (tertiary/aromatic N) is 3. The van der Waals surface area contributed by atoms with Gasteiger partial charge in [-0.25, -0.2) is 4.79 Å². The van der Waals surface area contributed by atoms with Crippen LogP contribution in [0.5, 0.6) is 11.5 Å². The van der Waals surface area contributed by atoms with E-state index in [1.807, 2.05) is 28.6 Å². The van der Waals surface area contributed by atoms with Crippen molar-refractivity contribution in [2.75, 3.05) is 13.1 Å². The molecule has 1 aliphatic rings. The van der Waals surface area contributed by atoms with E-state index in [0.717, 1.165) is 35.2 Å². The van der Waals surface area contributed by atoms with Crippen LogP contribution in [0.4, 0.5) is 0 Å². The average Bonchev–Trinajstić information content (AvgIpc) is 3.21. The van der Waals surface area contributed by atoms with Gasteiger partial charge in [0.2, 0.25) is 0 Å². The van der Waals surface area contributed by atoms with Crippen molar-refractivity contribution in [3.8, 4) is 11.5 Å². The molecule has 1 amide bonds. The third-order valence-corrected chi connectivity index (χ3v) is 6.76. The van der Waals surface area contributed by atoms with Crippen molar-refractivity contribution in [2.24, 2.45) is 7.05 Å². The SMILES string of the molecule is Cc1c(C(=O)O)c2ccc(Oc3ccnc4cc(C(=O)N5CCC5)sc34)cc2n1C. The van der Waals surface area contributed by atoms with Crippen LogP contribution < -0.4 is 4.74 Å². The van der Waals surface area contributed by atoms with Crippen LogP contribution >= 0.6 is 11.3 Å². The standard InChI is InChI=1S/C22H19N3O4S/c1-12-19(22(27)28)14-5-4-13(10-16(14)24(12)2)29-17-6-7-23-15-11-18(30-20(15)17)21(26)25-8-3-9-25/h4-7,10-11H,3,8-9H2,1-2H3,(H,27,28). The maximum atomic E-state index is 12.6. The minimum absolute atomic E-state index is 0.0390. The molecular weight excluding hydrogens is 402 g/mol. The van der Waals surface area contributed by atoms with Gasteiger partial charge in [0.15, 0.2) is 0 Å². The summed E-state index contributed by atoms with van der Waals surface area (Å²) in [6.45, 7) is 3.40. The summed E-state index contributed by atoms with van der Waals surface area (Å²) < 4.78 is 8.81. The lowest BCUT2D eigenvalue weighted by Crippen LogP contribution is -2.41. The number of rotatable bonds is 4. The Morgan fingerprint density at radius 2 is 2.00 bits per heavy atom. The van der Waals surface area contributed by atoms with Crippen LogP contribution in [0.3, 0.4) is 0 Å². The maximum Gasteiger partial charge on any atom is 0.338 e. The third kappa shape index (κ3) is 2.83. The van der Waals surface area contributed by atoms with Gasteiger partial charge in [-0.15, -0.1) is 11.3 Å². The van der Waals surface area contributed by atoms with E-state index in [4.69, 9.17) is 4.74 Å². The fourth-order valence-corrected chi connectivity index (χ4v) is 4.81. The number of hydrogen-bond donors (Lipinski definition) is 1. The van der Waals surface area contributed by atoms with Gasteiger partial charge in [0.05, 0.1) is 26.2 Å². The van der Waals surface area contributed by atoms with Gasteiger partial charge < -0.3 is 19.3 Å². The van der Waals surface area contributed by atoms with Crippen molar-refractivity contribution in [1.29, 1.82) is 0 Å². The first-order chi connectivity index (χ1) is 14.4. The number of ether oxygens (including phenoxy) is 1. The quantitative estimate of drug-likeness (QED) is 0.527. The van der Waals surface area contributed by atoms with Crippen molar-refractivity contribution < 1.29 is 19.4 Å². The molecule has 1 N–H and O–H groups in total. The van der Waals surface area contributed by atoms with E-state index in [-0.39, 0.29) is 5.91 Å². The van der Waals surface area contributed by atoms with Crippen LogP contribution in [-0.4, -0.2) is 44.5 Å². The number of fused-ring (bicyclic) bond motifs is 2. The molecule has 1 aliphatic heterocycles. The number of carbonyl (C=O) groups excluding carboxylic acids is 1. The molecule has 1 saturated heterocycles. The fourth-order valence-electron chi connectivity index (χ4n) is 3.78. The Hall–Kier alpha value is -3.39. The lowest BCUT2D eigenvalue weighted by atomic mass is 10.1. The first kappa shape index (κ1) is 18.6. The van der Waals surface area contributed by atoms with Crippen LogP contribution in [0.1, 0.15) is 32.1 Å². The number of amides is 1. The topological polar surface area (TPSA) is 84.7 Å². The van der Waals surface area contributed by atoms with E-state index in [9.17, 15) is 14.7 Å². The van der Waals surface area contributed by atoms with Gasteiger partial charge >= 0.3 is 5.97 Å². The number of carboxylic acid groups (broad SMARTS) is 1. The zero-order chi connectivity index (χ0) is 21.0. The summed E-state index contributed by atoms with van der Waals surface area (Å²) in [4.78, 5) is 31.0. The summed E-state index contributed by atoms with van der Waals surface area (Å²) in [6, 6.07) is 8.96. The van der Waals surface area contributed by atoms with Crippen molar-refractivity contribution >= 4 is 44.3 Å². The summed E-state index contributed by atoms with van der Waals surface area (Å²) in [5.41, 5.74) is 2.50. The Kier molecular flexibility index (Phi) is 4.25. The van der Waals surface area contributed by atoms with E-state index < -0.39 is 5.97 Å². The summed E-state index contributed by atoms with van der Waals surface area (Å²) in [7, 11) is 1.84. The van der Waals surface area contributed by atoms with Gasteiger partial charge in [0.1, 0.15) is 11.5 Å². The smallest absolute Gasteiger partial charge is 0.338 e. The Bertz CT molecular complexity index is 1330. The number of thiophene rings is 1. The van der Waals surface area contributed by atoms with Crippen molar-refractivity contribution in [1.82, 2.24) is 14.5 Å². The fraction of sp³-hybridized carbons (Fsp3) is 0.227. The summed E-state index contributed by atoms with van der Waals surface area (Å²) >= 11 is 1.38. The third-order valence-electron chi connectivity index (χ3n) is 5.64. The second-order valence-corrected chi connectivity index (χ2v) is 8.44. The molecule has 30 heavy (non-hydrogen) atoms. The number of pyridine rings is 1. The molecular formula is C22H19N3O4S. The van der Waals surface area contributed by atoms with Crippen LogP contribution in [0.15, 0.2) is 36.5 Å². The van der Waals surface area contributed by atoms with Crippen LogP contribution in [0.25, 0.3) is 21.1 Å². The van der Waals surface area contributed by atoms with Crippen LogP contribution in [0.2, 0.25) is 0 Å². The molecule has 152 valence electrons. The minimum Gasteiger partial charge on any atom is -0.478 e. The number of carboxylic acids is 1. The number of carbonyl (C=O) groups is 2. The number of benzene rings is 1. The number of aromatic nitrogens is 2. The predicted octanol–water partition coefficient (Wildman–Crippen LogP) is 4.43. The Morgan fingerprint density at radius 1 is 1.20 bits per heavy atom. The number of aryl methyl sites for hydroxylation is 1. The Balaban J connectivity index is 1.53. The molecule has 0 spiro atoms. The molecule has 4 aromatic rings. The highest BCUT2D eigenvalue weighted by atomic mass is 32.1. The minimum atomic E-state index is -0.944. The molecule has 5 rings (SSSR count). The highest BCUT2D eigenvalue weighted by Gasteiger charge is 2.24. The van der Waals surface area contributed by atoms with Crippen molar-refractivity contribution in [3.05, 3.63) is 52.7 Å². The molecule has 7 nitrogen and oxygen atoms in total. The maximum absolute atomic E-state index is 12.6. The van der Waals surface area contributed by atoms with Crippen molar-refractivity contribution in [2.45, 2.75) is 13.3 Å². The molecule has 4 heterocycles. The average molecular weight is 421 g/mol. The molecule has 1 aromatic carbocycles. The van der Waals surface area contributed by atoms with Crippen LogP contribution in [-0.2, 0) is 7.05 Å². The second-order valence-electron chi connectivity index (χ2n) is 7.39. The molecule has 0 aliphatic carbocycles. The zero-order valence-electron chi connectivity index (χ0n) is 16.5. The monoisotopic (exact) mass is 421 g/mol. The predicted molar refractivity (Wildman–Crippen MR) is 115 cm³/mol. The lowest BCUT2D eigenvalue weighted by Gasteiger charge is -2.30. The van der Waals surface area contributed by atoms with E-state index in [0.29, 0.717) is 33.0 Å². The zero-order valence-corrected chi connectivity index (χ0v) is 17.3. The summed E-state index contributed by atoms with van der Waals surface area (Å²) in [6.07, 6.45) is 2.71. The molecule has 0 radical (unpaired) electrons. The van der Waals surface area contributed by atoms with E-state index in [1.54, 1.807) is 31.3 Å².